The fourth-order valence-electron chi connectivity index (χ4n) is 1.48. The summed E-state index contributed by atoms with van der Waals surface area (Å²) in [6, 6.07) is 9.71. The number of pyridine rings is 1. The van der Waals surface area contributed by atoms with Crippen LogP contribution in [-0.4, -0.2) is 4.98 Å². The third-order valence-electron chi connectivity index (χ3n) is 2.45. The normalized spacial score (nSPS) is 10.4. The van der Waals surface area contributed by atoms with Gasteiger partial charge in [0, 0.05) is 18.6 Å². The van der Waals surface area contributed by atoms with Crippen molar-refractivity contribution in [2.45, 2.75) is 12.4 Å². The van der Waals surface area contributed by atoms with Gasteiger partial charge in [0.05, 0.1) is 10.0 Å². The highest BCUT2D eigenvalue weighted by Crippen LogP contribution is 2.23. The molecule has 0 saturated heterocycles. The second-order valence-corrected chi connectivity index (χ2v) is 4.90. The topological polar surface area (TPSA) is 24.9 Å². The van der Waals surface area contributed by atoms with Crippen molar-refractivity contribution in [2.24, 2.45) is 0 Å². The van der Waals surface area contributed by atoms with E-state index in [4.69, 9.17) is 34.8 Å². The summed E-state index contributed by atoms with van der Waals surface area (Å²) in [5.74, 6) is 1.15. The molecule has 0 spiro atoms. The third kappa shape index (κ3) is 3.52. The number of anilines is 1. The Labute approximate surface area is 121 Å². The quantitative estimate of drug-likeness (QED) is 0.825. The molecule has 0 bridgehead atoms. The van der Waals surface area contributed by atoms with E-state index in [9.17, 15) is 0 Å². The maximum absolute atomic E-state index is 6.02. The van der Waals surface area contributed by atoms with Gasteiger partial charge < -0.3 is 5.32 Å². The molecule has 0 aliphatic carbocycles. The summed E-state index contributed by atoms with van der Waals surface area (Å²) in [7, 11) is 0. The lowest BCUT2D eigenvalue weighted by molar-refractivity contribution is 1.11. The zero-order valence-electron chi connectivity index (χ0n) is 9.46. The number of hydrogen-bond donors (Lipinski definition) is 1. The van der Waals surface area contributed by atoms with Crippen LogP contribution in [0.3, 0.4) is 0 Å². The van der Waals surface area contributed by atoms with Gasteiger partial charge >= 0.3 is 0 Å². The Balaban J connectivity index is 2.02. The summed E-state index contributed by atoms with van der Waals surface area (Å²) in [6.45, 7) is 0.650. The Bertz CT molecular complexity index is 526. The van der Waals surface area contributed by atoms with Crippen molar-refractivity contribution in [1.29, 1.82) is 0 Å². The first-order valence-electron chi connectivity index (χ1n) is 5.38. The van der Waals surface area contributed by atoms with Crippen LogP contribution in [-0.2, 0) is 12.4 Å². The first kappa shape index (κ1) is 13.5. The van der Waals surface area contributed by atoms with Crippen LogP contribution in [0.1, 0.15) is 11.1 Å². The fourth-order valence-corrected chi connectivity index (χ4v) is 2.10. The SMILES string of the molecule is ClCc1ccc(CNc2ncc(Cl)cc2Cl)cc1. The third-order valence-corrected chi connectivity index (χ3v) is 3.25. The summed E-state index contributed by atoms with van der Waals surface area (Å²) in [6.07, 6.45) is 1.56. The van der Waals surface area contributed by atoms with E-state index in [1.807, 2.05) is 24.3 Å². The molecule has 0 radical (unpaired) electrons. The maximum Gasteiger partial charge on any atom is 0.145 e. The Morgan fingerprint density at radius 2 is 1.72 bits per heavy atom. The van der Waals surface area contributed by atoms with Crippen LogP contribution in [0, 0.1) is 0 Å². The van der Waals surface area contributed by atoms with Gasteiger partial charge in [0.1, 0.15) is 5.82 Å². The van der Waals surface area contributed by atoms with Crippen LogP contribution >= 0.6 is 34.8 Å². The molecular formula is C13H11Cl3N2. The van der Waals surface area contributed by atoms with Crippen molar-refractivity contribution in [3.05, 3.63) is 57.7 Å². The summed E-state index contributed by atoms with van der Waals surface area (Å²) in [4.78, 5) is 4.13. The number of rotatable bonds is 4. The zero-order chi connectivity index (χ0) is 13.0. The van der Waals surface area contributed by atoms with Gasteiger partial charge in [-0.1, -0.05) is 47.5 Å². The number of nitrogens with zero attached hydrogens (tertiary/aromatic N) is 1. The van der Waals surface area contributed by atoms with Gasteiger partial charge in [-0.2, -0.15) is 0 Å². The minimum atomic E-state index is 0.514. The predicted molar refractivity (Wildman–Crippen MR) is 77.6 cm³/mol. The van der Waals surface area contributed by atoms with Gasteiger partial charge in [-0.15, -0.1) is 11.6 Å². The minimum Gasteiger partial charge on any atom is -0.365 e. The molecule has 0 aliphatic rings. The monoisotopic (exact) mass is 300 g/mol. The van der Waals surface area contributed by atoms with Gasteiger partial charge in [-0.05, 0) is 17.2 Å². The maximum atomic E-state index is 6.02. The lowest BCUT2D eigenvalue weighted by atomic mass is 10.1. The van der Waals surface area contributed by atoms with Crippen LogP contribution < -0.4 is 5.32 Å². The summed E-state index contributed by atoms with van der Waals surface area (Å²) in [5, 5.41) is 4.20. The van der Waals surface area contributed by atoms with E-state index in [2.05, 4.69) is 10.3 Å². The molecule has 1 N–H and O–H groups in total. The van der Waals surface area contributed by atoms with E-state index in [1.54, 1.807) is 12.3 Å². The van der Waals surface area contributed by atoms with Crippen molar-refractivity contribution in [3.63, 3.8) is 0 Å². The van der Waals surface area contributed by atoms with Gasteiger partial charge in [-0.25, -0.2) is 4.98 Å². The molecule has 1 aromatic carbocycles. The summed E-state index contributed by atoms with van der Waals surface area (Å²) >= 11 is 17.5. The number of benzene rings is 1. The van der Waals surface area contributed by atoms with Crippen LogP contribution in [0.25, 0.3) is 0 Å². The molecule has 0 saturated carbocycles. The van der Waals surface area contributed by atoms with Crippen molar-refractivity contribution >= 4 is 40.6 Å². The van der Waals surface area contributed by atoms with Crippen LogP contribution in [0.15, 0.2) is 36.5 Å². The molecular weight excluding hydrogens is 291 g/mol. The summed E-state index contributed by atoms with van der Waals surface area (Å²) < 4.78 is 0. The van der Waals surface area contributed by atoms with Gasteiger partial charge in [-0.3, -0.25) is 0 Å². The molecule has 1 aromatic heterocycles. The highest BCUT2D eigenvalue weighted by molar-refractivity contribution is 6.35. The standard InChI is InChI=1S/C13H11Cl3N2/c14-6-9-1-3-10(4-2-9)7-17-13-12(16)5-11(15)8-18-13/h1-5,8H,6-7H2,(H,17,18). The first-order chi connectivity index (χ1) is 8.69. The van der Waals surface area contributed by atoms with Crippen LogP contribution in [0.4, 0.5) is 5.82 Å². The zero-order valence-corrected chi connectivity index (χ0v) is 11.7. The Kier molecular flexibility index (Phi) is 4.70. The Morgan fingerprint density at radius 3 is 2.33 bits per heavy atom. The average molecular weight is 302 g/mol. The van der Waals surface area contributed by atoms with Crippen molar-refractivity contribution < 1.29 is 0 Å². The highest BCUT2D eigenvalue weighted by atomic mass is 35.5. The largest absolute Gasteiger partial charge is 0.365 e. The molecule has 2 nitrogen and oxygen atoms in total. The predicted octanol–water partition coefficient (Wildman–Crippen LogP) is 4.74. The van der Waals surface area contributed by atoms with E-state index in [1.165, 1.54) is 0 Å². The summed E-state index contributed by atoms with van der Waals surface area (Å²) in [5.41, 5.74) is 2.24. The van der Waals surface area contributed by atoms with Crippen LogP contribution in [0.2, 0.25) is 10.0 Å². The molecule has 2 aromatic rings. The molecule has 0 aliphatic heterocycles. The first-order valence-corrected chi connectivity index (χ1v) is 6.67. The molecule has 5 heteroatoms. The Morgan fingerprint density at radius 1 is 1.06 bits per heavy atom. The Hall–Kier alpha value is -0.960. The molecule has 0 unspecified atom stereocenters. The molecule has 2 rings (SSSR count). The van der Waals surface area contributed by atoms with Gasteiger partial charge in [0.25, 0.3) is 0 Å². The van der Waals surface area contributed by atoms with E-state index >= 15 is 0 Å². The van der Waals surface area contributed by atoms with E-state index in [0.29, 0.717) is 28.3 Å². The van der Waals surface area contributed by atoms with Crippen molar-refractivity contribution in [3.8, 4) is 0 Å². The lowest BCUT2D eigenvalue weighted by Crippen LogP contribution is -2.01. The van der Waals surface area contributed by atoms with Crippen LogP contribution in [0.5, 0.6) is 0 Å². The minimum absolute atomic E-state index is 0.514. The second-order valence-electron chi connectivity index (χ2n) is 3.79. The molecule has 0 atom stereocenters. The van der Waals surface area contributed by atoms with E-state index in [0.717, 1.165) is 11.1 Å². The number of alkyl halides is 1. The van der Waals surface area contributed by atoms with E-state index in [-0.39, 0.29) is 0 Å². The average Bonchev–Trinajstić information content (AvgIpc) is 2.38. The fraction of sp³-hybridized carbons (Fsp3) is 0.154. The number of halogens is 3. The molecule has 94 valence electrons. The second kappa shape index (κ2) is 6.28. The van der Waals surface area contributed by atoms with E-state index < -0.39 is 0 Å². The van der Waals surface area contributed by atoms with Gasteiger partial charge in [0.2, 0.25) is 0 Å². The van der Waals surface area contributed by atoms with Gasteiger partial charge in [0.15, 0.2) is 0 Å². The highest BCUT2D eigenvalue weighted by Gasteiger charge is 2.02. The smallest absolute Gasteiger partial charge is 0.145 e. The molecule has 0 amide bonds. The lowest BCUT2D eigenvalue weighted by Gasteiger charge is -2.08. The molecule has 0 fully saturated rings. The molecule has 1 heterocycles. The molecule has 18 heavy (non-hydrogen) atoms. The van der Waals surface area contributed by atoms with Crippen molar-refractivity contribution in [2.75, 3.05) is 5.32 Å². The number of nitrogens with one attached hydrogen (secondary N) is 1. The number of hydrogen-bond acceptors (Lipinski definition) is 2. The number of aromatic nitrogens is 1. The van der Waals surface area contributed by atoms with Crippen molar-refractivity contribution in [1.82, 2.24) is 4.98 Å².